The van der Waals surface area contributed by atoms with E-state index in [0.29, 0.717) is 19.6 Å². The zero-order chi connectivity index (χ0) is 13.2. The van der Waals surface area contributed by atoms with Crippen LogP contribution >= 0.6 is 0 Å². The topological polar surface area (TPSA) is 38.3 Å². The van der Waals surface area contributed by atoms with Gasteiger partial charge in [-0.05, 0) is 30.5 Å². The van der Waals surface area contributed by atoms with Crippen LogP contribution in [0.15, 0.2) is 24.3 Å². The molecule has 1 amide bonds. The van der Waals surface area contributed by atoms with Crippen LogP contribution in [0.1, 0.15) is 38.7 Å². The second-order valence-electron chi connectivity index (χ2n) is 4.30. The molecule has 0 radical (unpaired) electrons. The van der Waals surface area contributed by atoms with E-state index in [1.165, 1.54) is 5.56 Å². The van der Waals surface area contributed by atoms with Gasteiger partial charge in [0.15, 0.2) is 0 Å². The van der Waals surface area contributed by atoms with Crippen molar-refractivity contribution in [2.75, 3.05) is 13.2 Å². The monoisotopic (exact) mass is 249 g/mol. The van der Waals surface area contributed by atoms with Gasteiger partial charge in [0.2, 0.25) is 5.91 Å². The number of hydrogen-bond donors (Lipinski definition) is 1. The fourth-order valence-electron chi connectivity index (χ4n) is 1.61. The molecule has 18 heavy (non-hydrogen) atoms. The summed E-state index contributed by atoms with van der Waals surface area (Å²) in [6, 6.07) is 8.07. The minimum Gasteiger partial charge on any atom is -0.492 e. The van der Waals surface area contributed by atoms with E-state index in [1.54, 1.807) is 0 Å². The fourth-order valence-corrected chi connectivity index (χ4v) is 1.61. The van der Waals surface area contributed by atoms with Gasteiger partial charge in [0.1, 0.15) is 12.4 Å². The Balaban J connectivity index is 2.15. The summed E-state index contributed by atoms with van der Waals surface area (Å²) in [6.45, 7) is 5.29. The summed E-state index contributed by atoms with van der Waals surface area (Å²) < 4.78 is 5.55. The molecular formula is C15H23NO2. The predicted octanol–water partition coefficient (Wildman–Crippen LogP) is 2.93. The quantitative estimate of drug-likeness (QED) is 0.719. The van der Waals surface area contributed by atoms with E-state index in [1.807, 2.05) is 12.1 Å². The van der Waals surface area contributed by atoms with E-state index >= 15 is 0 Å². The first-order valence-electron chi connectivity index (χ1n) is 6.74. The lowest BCUT2D eigenvalue weighted by Crippen LogP contribution is -2.27. The predicted molar refractivity (Wildman–Crippen MR) is 73.8 cm³/mol. The van der Waals surface area contributed by atoms with Crippen molar-refractivity contribution >= 4 is 5.91 Å². The van der Waals surface area contributed by atoms with Crippen molar-refractivity contribution < 1.29 is 9.53 Å². The number of amides is 1. The van der Waals surface area contributed by atoms with Gasteiger partial charge < -0.3 is 10.1 Å². The third-order valence-electron chi connectivity index (χ3n) is 2.78. The Hall–Kier alpha value is -1.51. The van der Waals surface area contributed by atoms with E-state index in [9.17, 15) is 4.79 Å². The minimum atomic E-state index is 0.113. The number of unbranched alkanes of at least 4 members (excludes halogenated alkanes) is 1. The molecule has 0 atom stereocenters. The van der Waals surface area contributed by atoms with E-state index in [4.69, 9.17) is 4.74 Å². The van der Waals surface area contributed by atoms with Crippen LogP contribution < -0.4 is 10.1 Å². The SMILES string of the molecule is CCCCC(=O)NCCOc1ccc(CC)cc1. The highest BCUT2D eigenvalue weighted by Crippen LogP contribution is 2.11. The van der Waals surface area contributed by atoms with Gasteiger partial charge in [0, 0.05) is 6.42 Å². The number of benzene rings is 1. The summed E-state index contributed by atoms with van der Waals surface area (Å²) in [5, 5.41) is 2.85. The highest BCUT2D eigenvalue weighted by atomic mass is 16.5. The first-order valence-corrected chi connectivity index (χ1v) is 6.74. The largest absolute Gasteiger partial charge is 0.492 e. The van der Waals surface area contributed by atoms with Crippen molar-refractivity contribution in [1.82, 2.24) is 5.32 Å². The molecule has 1 rings (SSSR count). The average Bonchev–Trinajstić information content (AvgIpc) is 2.42. The van der Waals surface area contributed by atoms with Gasteiger partial charge in [0.05, 0.1) is 6.54 Å². The van der Waals surface area contributed by atoms with Gasteiger partial charge >= 0.3 is 0 Å². The van der Waals surface area contributed by atoms with Gasteiger partial charge in [-0.25, -0.2) is 0 Å². The summed E-state index contributed by atoms with van der Waals surface area (Å²) in [6.07, 6.45) is 3.65. The van der Waals surface area contributed by atoms with Gasteiger partial charge in [-0.15, -0.1) is 0 Å². The molecule has 0 aliphatic heterocycles. The van der Waals surface area contributed by atoms with Crippen LogP contribution in [-0.2, 0) is 11.2 Å². The maximum absolute atomic E-state index is 11.3. The molecule has 3 heteroatoms. The molecule has 0 unspecified atom stereocenters. The molecule has 1 aromatic rings. The van der Waals surface area contributed by atoms with Crippen molar-refractivity contribution in [3.63, 3.8) is 0 Å². The maximum Gasteiger partial charge on any atom is 0.220 e. The third-order valence-corrected chi connectivity index (χ3v) is 2.78. The first-order chi connectivity index (χ1) is 8.76. The minimum absolute atomic E-state index is 0.113. The smallest absolute Gasteiger partial charge is 0.220 e. The van der Waals surface area contributed by atoms with E-state index < -0.39 is 0 Å². The number of carbonyl (C=O) groups excluding carboxylic acids is 1. The molecular weight excluding hydrogens is 226 g/mol. The second-order valence-corrected chi connectivity index (χ2v) is 4.30. The molecule has 3 nitrogen and oxygen atoms in total. The lowest BCUT2D eigenvalue weighted by Gasteiger charge is -2.08. The van der Waals surface area contributed by atoms with Gasteiger partial charge in [0.25, 0.3) is 0 Å². The van der Waals surface area contributed by atoms with Crippen molar-refractivity contribution in [1.29, 1.82) is 0 Å². The standard InChI is InChI=1S/C15H23NO2/c1-3-5-6-15(17)16-11-12-18-14-9-7-13(4-2)8-10-14/h7-10H,3-6,11-12H2,1-2H3,(H,16,17). The summed E-state index contributed by atoms with van der Waals surface area (Å²) in [5.74, 6) is 0.969. The van der Waals surface area contributed by atoms with Crippen LogP contribution in [0, 0.1) is 0 Å². The molecule has 0 bridgehead atoms. The van der Waals surface area contributed by atoms with Gasteiger partial charge in [-0.3, -0.25) is 4.79 Å². The van der Waals surface area contributed by atoms with Crippen LogP contribution in [0.3, 0.4) is 0 Å². The van der Waals surface area contributed by atoms with Crippen LogP contribution in [0.4, 0.5) is 0 Å². The molecule has 0 saturated carbocycles. The molecule has 0 saturated heterocycles. The lowest BCUT2D eigenvalue weighted by molar-refractivity contribution is -0.121. The fraction of sp³-hybridized carbons (Fsp3) is 0.533. The molecule has 1 N–H and O–H groups in total. The lowest BCUT2D eigenvalue weighted by atomic mass is 10.2. The van der Waals surface area contributed by atoms with Crippen LogP contribution in [-0.4, -0.2) is 19.1 Å². The summed E-state index contributed by atoms with van der Waals surface area (Å²) >= 11 is 0. The average molecular weight is 249 g/mol. The van der Waals surface area contributed by atoms with E-state index in [2.05, 4.69) is 31.3 Å². The van der Waals surface area contributed by atoms with Crippen LogP contribution in [0.5, 0.6) is 5.75 Å². The highest BCUT2D eigenvalue weighted by Gasteiger charge is 1.99. The maximum atomic E-state index is 11.3. The Morgan fingerprint density at radius 2 is 1.94 bits per heavy atom. The van der Waals surface area contributed by atoms with Crippen molar-refractivity contribution in [2.45, 2.75) is 39.5 Å². The number of nitrogens with one attached hydrogen (secondary N) is 1. The third kappa shape index (κ3) is 5.71. The molecule has 0 fully saturated rings. The molecule has 1 aromatic carbocycles. The Bertz CT molecular complexity index is 346. The molecule has 0 aromatic heterocycles. The van der Waals surface area contributed by atoms with Crippen molar-refractivity contribution in [2.24, 2.45) is 0 Å². The Kier molecular flexibility index (Phi) is 6.92. The van der Waals surface area contributed by atoms with E-state index in [-0.39, 0.29) is 5.91 Å². The number of aryl methyl sites for hydroxylation is 1. The normalized spacial score (nSPS) is 10.1. The number of carbonyl (C=O) groups is 1. The molecule has 0 spiro atoms. The Labute approximate surface area is 110 Å². The molecule has 100 valence electrons. The van der Waals surface area contributed by atoms with E-state index in [0.717, 1.165) is 25.0 Å². The number of rotatable bonds is 8. The zero-order valence-electron chi connectivity index (χ0n) is 11.4. The number of hydrogen-bond acceptors (Lipinski definition) is 2. The number of ether oxygens (including phenoxy) is 1. The molecule has 0 aliphatic carbocycles. The zero-order valence-corrected chi connectivity index (χ0v) is 11.4. The molecule has 0 aliphatic rings. The van der Waals surface area contributed by atoms with Crippen LogP contribution in [0.2, 0.25) is 0 Å². The molecule has 0 heterocycles. The van der Waals surface area contributed by atoms with Gasteiger partial charge in [-0.1, -0.05) is 32.4 Å². The second kappa shape index (κ2) is 8.56. The first kappa shape index (κ1) is 14.6. The van der Waals surface area contributed by atoms with Crippen molar-refractivity contribution in [3.8, 4) is 5.75 Å². The highest BCUT2D eigenvalue weighted by molar-refractivity contribution is 5.75. The summed E-state index contributed by atoms with van der Waals surface area (Å²) in [5.41, 5.74) is 1.30. The van der Waals surface area contributed by atoms with Crippen LogP contribution in [0.25, 0.3) is 0 Å². The summed E-state index contributed by atoms with van der Waals surface area (Å²) in [7, 11) is 0. The Morgan fingerprint density at radius 3 is 2.56 bits per heavy atom. The van der Waals surface area contributed by atoms with Crippen molar-refractivity contribution in [3.05, 3.63) is 29.8 Å². The van der Waals surface area contributed by atoms with Gasteiger partial charge in [-0.2, -0.15) is 0 Å². The summed E-state index contributed by atoms with van der Waals surface area (Å²) in [4.78, 5) is 11.3. The Morgan fingerprint density at radius 1 is 1.22 bits per heavy atom.